The average molecular weight is 381 g/mol. The molecule has 1 N–H and O–H groups in total. The van der Waals surface area contributed by atoms with E-state index in [-0.39, 0.29) is 23.4 Å². The van der Waals surface area contributed by atoms with E-state index in [2.05, 4.69) is 10.5 Å². The minimum atomic E-state index is -0.471. The van der Waals surface area contributed by atoms with Gasteiger partial charge in [0, 0.05) is 17.0 Å². The number of nitro groups is 1. The number of esters is 1. The summed E-state index contributed by atoms with van der Waals surface area (Å²) < 4.78 is 10.8. The molecule has 8 nitrogen and oxygen atoms in total. The number of furan rings is 1. The molecular weight excluding hydrogens is 362 g/mol. The Hall–Kier alpha value is -3.42. The average Bonchev–Trinajstić information content (AvgIpc) is 3.28. The summed E-state index contributed by atoms with van der Waals surface area (Å²) in [5.74, 6) is -0.347. The predicted octanol–water partition coefficient (Wildman–Crippen LogP) is 4.37. The number of benzene rings is 1. The van der Waals surface area contributed by atoms with Gasteiger partial charge in [-0.3, -0.25) is 15.5 Å². The lowest BCUT2D eigenvalue weighted by Gasteiger charge is -2.33. The molecule has 1 aliphatic carbocycles. The van der Waals surface area contributed by atoms with Crippen molar-refractivity contribution in [1.82, 2.24) is 0 Å². The summed E-state index contributed by atoms with van der Waals surface area (Å²) in [6, 6.07) is 8.08. The molecule has 8 heteroatoms. The highest BCUT2D eigenvalue weighted by Gasteiger charge is 2.53. The summed E-state index contributed by atoms with van der Waals surface area (Å²) in [5.41, 5.74) is 4.73. The highest BCUT2D eigenvalue weighted by atomic mass is 16.6. The summed E-state index contributed by atoms with van der Waals surface area (Å²) in [6.45, 7) is 2.02. The van der Waals surface area contributed by atoms with Crippen LogP contribution in [0.4, 0.5) is 11.4 Å². The Morgan fingerprint density at radius 2 is 2.18 bits per heavy atom. The maximum Gasteiger partial charge on any atom is 0.335 e. The molecule has 0 radical (unpaired) electrons. The van der Waals surface area contributed by atoms with Crippen molar-refractivity contribution in [3.05, 3.63) is 69.7 Å². The fraction of sp³-hybridized carbons (Fsp3) is 0.300. The van der Waals surface area contributed by atoms with Gasteiger partial charge in [-0.05, 0) is 37.0 Å². The van der Waals surface area contributed by atoms with Gasteiger partial charge in [-0.1, -0.05) is 19.1 Å². The van der Waals surface area contributed by atoms with E-state index in [0.717, 1.165) is 24.0 Å². The number of hydrogen-bond donors (Lipinski definition) is 1. The van der Waals surface area contributed by atoms with E-state index in [1.54, 1.807) is 36.9 Å². The molecule has 28 heavy (non-hydrogen) atoms. The van der Waals surface area contributed by atoms with Crippen LogP contribution in [-0.2, 0) is 9.53 Å². The predicted molar refractivity (Wildman–Crippen MR) is 102 cm³/mol. The normalized spacial score (nSPS) is 24.3. The number of nitrogens with zero attached hydrogens (tertiary/aromatic N) is 2. The van der Waals surface area contributed by atoms with Crippen LogP contribution in [0.2, 0.25) is 0 Å². The maximum atomic E-state index is 12.6. The van der Waals surface area contributed by atoms with Gasteiger partial charge in [-0.15, -0.1) is 0 Å². The number of carbonyl (C=O) groups is 1. The first-order valence-electron chi connectivity index (χ1n) is 9.00. The van der Waals surface area contributed by atoms with Crippen LogP contribution in [0.25, 0.3) is 0 Å². The lowest BCUT2D eigenvalue weighted by molar-refractivity contribution is -0.384. The minimum Gasteiger partial charge on any atom is -0.472 e. The lowest BCUT2D eigenvalue weighted by Crippen LogP contribution is -2.27. The summed E-state index contributed by atoms with van der Waals surface area (Å²) in [4.78, 5) is 23.3. The molecule has 0 unspecified atom stereocenters. The topological polar surface area (TPSA) is 107 Å². The molecule has 0 spiro atoms. The number of carbonyl (C=O) groups excluding carboxylic acids is 1. The van der Waals surface area contributed by atoms with Gasteiger partial charge in [-0.2, -0.15) is 5.10 Å². The van der Waals surface area contributed by atoms with Gasteiger partial charge in [0.15, 0.2) is 0 Å². The number of hydrazone groups is 1. The third kappa shape index (κ3) is 2.96. The van der Waals surface area contributed by atoms with E-state index in [0.29, 0.717) is 12.0 Å². The molecule has 2 atom stereocenters. The van der Waals surface area contributed by atoms with Crippen molar-refractivity contribution in [3.8, 4) is 0 Å². The van der Waals surface area contributed by atoms with Crippen LogP contribution < -0.4 is 5.43 Å². The van der Waals surface area contributed by atoms with Gasteiger partial charge in [0.05, 0.1) is 29.2 Å². The van der Waals surface area contributed by atoms with E-state index in [1.165, 1.54) is 6.07 Å². The third-order valence-corrected chi connectivity index (χ3v) is 5.39. The molecule has 0 amide bonds. The number of fused-ring (bicyclic) bond motifs is 1. The summed E-state index contributed by atoms with van der Waals surface area (Å²) in [7, 11) is 0. The lowest BCUT2D eigenvalue weighted by atomic mass is 9.68. The summed E-state index contributed by atoms with van der Waals surface area (Å²) in [5, 5.41) is 15.3. The van der Waals surface area contributed by atoms with Crippen LogP contribution in [0.5, 0.6) is 0 Å². The quantitative estimate of drug-likeness (QED) is 0.357. The van der Waals surface area contributed by atoms with Gasteiger partial charge in [0.25, 0.3) is 5.69 Å². The van der Waals surface area contributed by atoms with Crippen LogP contribution in [0, 0.1) is 15.5 Å². The third-order valence-electron chi connectivity index (χ3n) is 5.39. The van der Waals surface area contributed by atoms with Crippen LogP contribution >= 0.6 is 0 Å². The standard InChI is InChI=1S/C20H19N3O5/c1-20-9-4-5-13(11-21-22-15-6-2-3-7-16(15)23(25)26)17(20)19(24)28-18(20)14-8-10-27-12-14/h2-3,6-8,10-12,18,22H,4-5,9H2,1H3/b21-11+/t18-,20+/m0/s1. The number of cyclic esters (lactones) is 1. The zero-order valence-electron chi connectivity index (χ0n) is 15.3. The van der Waals surface area contributed by atoms with Gasteiger partial charge in [-0.25, -0.2) is 4.79 Å². The molecule has 1 aromatic carbocycles. The fourth-order valence-electron chi connectivity index (χ4n) is 4.08. The molecular formula is C20H19N3O5. The zero-order chi connectivity index (χ0) is 19.7. The summed E-state index contributed by atoms with van der Waals surface area (Å²) >= 11 is 0. The van der Waals surface area contributed by atoms with Crippen molar-refractivity contribution < 1.29 is 18.9 Å². The van der Waals surface area contributed by atoms with Crippen molar-refractivity contribution in [2.75, 3.05) is 5.43 Å². The Morgan fingerprint density at radius 3 is 2.93 bits per heavy atom. The molecule has 1 fully saturated rings. The second kappa shape index (κ2) is 6.95. The van der Waals surface area contributed by atoms with Crippen LogP contribution in [0.3, 0.4) is 0 Å². The van der Waals surface area contributed by atoms with Crippen molar-refractivity contribution in [1.29, 1.82) is 0 Å². The van der Waals surface area contributed by atoms with E-state index < -0.39 is 10.3 Å². The number of allylic oxidation sites excluding steroid dienone is 1. The second-order valence-electron chi connectivity index (χ2n) is 7.16. The number of para-hydroxylation sites is 2. The molecule has 0 bridgehead atoms. The van der Waals surface area contributed by atoms with Crippen molar-refractivity contribution in [3.63, 3.8) is 0 Å². The molecule has 144 valence electrons. The molecule has 2 heterocycles. The SMILES string of the molecule is C[C@@]12CCCC(/C=N/Nc3ccccc3[N+](=O)[O-])=C1C(=O)O[C@H]2c1ccoc1. The van der Waals surface area contributed by atoms with Gasteiger partial charge in [0.1, 0.15) is 11.8 Å². The number of anilines is 1. The van der Waals surface area contributed by atoms with Crippen molar-refractivity contribution in [2.24, 2.45) is 10.5 Å². The molecule has 2 aromatic rings. The molecule has 1 aliphatic heterocycles. The zero-order valence-corrected chi connectivity index (χ0v) is 15.3. The fourth-order valence-corrected chi connectivity index (χ4v) is 4.08. The van der Waals surface area contributed by atoms with Crippen molar-refractivity contribution >= 4 is 23.6 Å². The Morgan fingerprint density at radius 1 is 1.36 bits per heavy atom. The van der Waals surface area contributed by atoms with Crippen LogP contribution in [0.15, 0.2) is 63.5 Å². The van der Waals surface area contributed by atoms with E-state index >= 15 is 0 Å². The Labute approximate surface area is 161 Å². The monoisotopic (exact) mass is 381 g/mol. The number of nitrogens with one attached hydrogen (secondary N) is 1. The second-order valence-corrected chi connectivity index (χ2v) is 7.16. The molecule has 0 saturated carbocycles. The van der Waals surface area contributed by atoms with E-state index in [9.17, 15) is 14.9 Å². The maximum absolute atomic E-state index is 12.6. The smallest absolute Gasteiger partial charge is 0.335 e. The molecule has 1 aromatic heterocycles. The first-order valence-corrected chi connectivity index (χ1v) is 9.00. The molecule has 2 aliphatic rings. The van der Waals surface area contributed by atoms with Gasteiger partial charge in [0.2, 0.25) is 0 Å². The molecule has 1 saturated heterocycles. The summed E-state index contributed by atoms with van der Waals surface area (Å²) in [6.07, 6.45) is 6.75. The number of rotatable bonds is 5. The first kappa shape index (κ1) is 18.0. The number of ether oxygens (including phenoxy) is 1. The van der Waals surface area contributed by atoms with E-state index in [4.69, 9.17) is 9.15 Å². The number of hydrogen-bond acceptors (Lipinski definition) is 7. The van der Waals surface area contributed by atoms with E-state index in [1.807, 2.05) is 13.0 Å². The van der Waals surface area contributed by atoms with Gasteiger partial charge < -0.3 is 9.15 Å². The Bertz CT molecular complexity index is 979. The highest BCUT2D eigenvalue weighted by molar-refractivity contribution is 6.00. The number of nitro benzene ring substituents is 1. The van der Waals surface area contributed by atoms with Crippen LogP contribution in [-0.4, -0.2) is 17.1 Å². The highest BCUT2D eigenvalue weighted by Crippen LogP contribution is 2.55. The molecule has 4 rings (SSSR count). The van der Waals surface area contributed by atoms with Gasteiger partial charge >= 0.3 is 5.97 Å². The Kier molecular flexibility index (Phi) is 4.46. The van der Waals surface area contributed by atoms with Crippen molar-refractivity contribution in [2.45, 2.75) is 32.3 Å². The largest absolute Gasteiger partial charge is 0.472 e. The minimum absolute atomic E-state index is 0.0638. The Balaban J connectivity index is 1.63. The van der Waals surface area contributed by atoms with Crippen LogP contribution in [0.1, 0.15) is 37.9 Å². The first-order chi connectivity index (χ1) is 13.5.